The van der Waals surface area contributed by atoms with Crippen LogP contribution in [0.1, 0.15) is 28.7 Å². The van der Waals surface area contributed by atoms with E-state index >= 15 is 0 Å². The highest BCUT2D eigenvalue weighted by atomic mass is 15.1. The molecule has 1 aliphatic carbocycles. The Morgan fingerprint density at radius 2 is 1.90 bits per heavy atom. The van der Waals surface area contributed by atoms with Crippen molar-refractivity contribution in [2.24, 2.45) is 0 Å². The third-order valence-electron chi connectivity index (χ3n) is 4.70. The first kappa shape index (κ1) is 11.8. The van der Waals surface area contributed by atoms with Crippen LogP contribution in [0.2, 0.25) is 0 Å². The molecule has 0 saturated carbocycles. The minimum Gasteiger partial charge on any atom is -0.398 e. The zero-order chi connectivity index (χ0) is 13.5. The van der Waals surface area contributed by atoms with E-state index in [4.69, 9.17) is 5.73 Å². The zero-order valence-corrected chi connectivity index (χ0v) is 11.7. The number of rotatable bonds is 2. The maximum atomic E-state index is 6.07. The Kier molecular flexibility index (Phi) is 2.69. The van der Waals surface area contributed by atoms with E-state index in [-0.39, 0.29) is 0 Å². The van der Waals surface area contributed by atoms with Gasteiger partial charge in [0.2, 0.25) is 0 Å². The smallest absolute Gasteiger partial charge is 0.0429 e. The summed E-state index contributed by atoms with van der Waals surface area (Å²) >= 11 is 0. The predicted molar refractivity (Wildman–Crippen MR) is 84.1 cm³/mol. The summed E-state index contributed by atoms with van der Waals surface area (Å²) in [5.74, 6) is 0. The second-order valence-corrected chi connectivity index (χ2v) is 5.97. The lowest BCUT2D eigenvalue weighted by Crippen LogP contribution is -2.19. The standard InChI is InChI=1S/C18H20N2/c19-17-5-2-6-18-16(17)9-10-20(18)12-13-7-8-14-3-1-4-15(14)11-13/h2,5-8,11H,1,3-4,9-10,12,19H2. The molecule has 102 valence electrons. The molecule has 2 heteroatoms. The fourth-order valence-corrected chi connectivity index (χ4v) is 3.64. The highest BCUT2D eigenvalue weighted by Crippen LogP contribution is 2.33. The summed E-state index contributed by atoms with van der Waals surface area (Å²) < 4.78 is 0. The minimum absolute atomic E-state index is 0.943. The summed E-state index contributed by atoms with van der Waals surface area (Å²) in [5, 5.41) is 0. The predicted octanol–water partition coefficient (Wildman–Crippen LogP) is 3.32. The van der Waals surface area contributed by atoms with Crippen LogP contribution in [0.3, 0.4) is 0 Å². The molecule has 2 N–H and O–H groups in total. The van der Waals surface area contributed by atoms with Gasteiger partial charge in [-0.3, -0.25) is 0 Å². The van der Waals surface area contributed by atoms with E-state index in [1.54, 1.807) is 11.1 Å². The minimum atomic E-state index is 0.943. The molecular weight excluding hydrogens is 244 g/mol. The fraction of sp³-hybridized carbons (Fsp3) is 0.333. The van der Waals surface area contributed by atoms with Gasteiger partial charge >= 0.3 is 0 Å². The molecule has 2 aromatic rings. The Labute approximate surface area is 120 Å². The van der Waals surface area contributed by atoms with Crippen LogP contribution in [-0.4, -0.2) is 6.54 Å². The van der Waals surface area contributed by atoms with Gasteiger partial charge < -0.3 is 10.6 Å². The average Bonchev–Trinajstić information content (AvgIpc) is 3.06. The Morgan fingerprint density at radius 3 is 2.85 bits per heavy atom. The third kappa shape index (κ3) is 1.87. The van der Waals surface area contributed by atoms with Gasteiger partial charge in [-0.1, -0.05) is 24.3 Å². The maximum Gasteiger partial charge on any atom is 0.0429 e. The highest BCUT2D eigenvalue weighted by Gasteiger charge is 2.21. The fourth-order valence-electron chi connectivity index (χ4n) is 3.64. The van der Waals surface area contributed by atoms with Gasteiger partial charge in [-0.2, -0.15) is 0 Å². The number of hydrogen-bond donors (Lipinski definition) is 1. The van der Waals surface area contributed by atoms with E-state index in [1.807, 2.05) is 6.07 Å². The van der Waals surface area contributed by atoms with E-state index in [0.29, 0.717) is 0 Å². The summed E-state index contributed by atoms with van der Waals surface area (Å²) in [6.07, 6.45) is 4.92. The molecule has 0 aromatic heterocycles. The first-order chi connectivity index (χ1) is 9.81. The number of nitrogens with two attached hydrogens (primary N) is 1. The summed E-state index contributed by atoms with van der Waals surface area (Å²) in [4.78, 5) is 2.46. The summed E-state index contributed by atoms with van der Waals surface area (Å²) in [7, 11) is 0. The van der Waals surface area contributed by atoms with E-state index < -0.39 is 0 Å². The van der Waals surface area contributed by atoms with E-state index in [9.17, 15) is 0 Å². The molecule has 0 atom stereocenters. The number of benzene rings is 2. The number of nitrogens with zero attached hydrogens (tertiary/aromatic N) is 1. The van der Waals surface area contributed by atoms with Crippen molar-refractivity contribution in [3.05, 3.63) is 58.7 Å². The van der Waals surface area contributed by atoms with Crippen molar-refractivity contribution in [1.82, 2.24) is 0 Å². The lowest BCUT2D eigenvalue weighted by Gasteiger charge is -2.20. The van der Waals surface area contributed by atoms with Crippen molar-refractivity contribution >= 4 is 11.4 Å². The van der Waals surface area contributed by atoms with Gasteiger partial charge in [0.25, 0.3) is 0 Å². The van der Waals surface area contributed by atoms with Gasteiger partial charge in [-0.15, -0.1) is 0 Å². The van der Waals surface area contributed by atoms with Crippen molar-refractivity contribution < 1.29 is 0 Å². The van der Waals surface area contributed by atoms with Crippen molar-refractivity contribution in [1.29, 1.82) is 0 Å². The Balaban J connectivity index is 1.61. The molecule has 0 radical (unpaired) electrons. The van der Waals surface area contributed by atoms with E-state index in [2.05, 4.69) is 35.2 Å². The number of hydrogen-bond acceptors (Lipinski definition) is 2. The van der Waals surface area contributed by atoms with Gasteiger partial charge in [0.05, 0.1) is 0 Å². The van der Waals surface area contributed by atoms with Crippen LogP contribution < -0.4 is 10.6 Å². The second kappa shape index (κ2) is 4.55. The molecular formula is C18H20N2. The number of aryl methyl sites for hydroxylation is 2. The molecule has 0 unspecified atom stereocenters. The zero-order valence-electron chi connectivity index (χ0n) is 11.7. The molecule has 0 fully saturated rings. The molecule has 0 bridgehead atoms. The van der Waals surface area contributed by atoms with Crippen molar-refractivity contribution in [2.45, 2.75) is 32.2 Å². The highest BCUT2D eigenvalue weighted by molar-refractivity contribution is 5.68. The molecule has 0 saturated heterocycles. The Bertz CT molecular complexity index is 660. The molecule has 4 rings (SSSR count). The molecule has 1 heterocycles. The first-order valence-electron chi connectivity index (χ1n) is 7.54. The quantitative estimate of drug-likeness (QED) is 0.843. The monoisotopic (exact) mass is 264 g/mol. The van der Waals surface area contributed by atoms with Gasteiger partial charge in [-0.25, -0.2) is 0 Å². The van der Waals surface area contributed by atoms with Gasteiger partial charge in [0.1, 0.15) is 0 Å². The number of nitrogen functional groups attached to an aromatic ring is 1. The van der Waals surface area contributed by atoms with Crippen molar-refractivity contribution in [3.63, 3.8) is 0 Å². The van der Waals surface area contributed by atoms with Crippen LogP contribution in [0, 0.1) is 0 Å². The maximum absolute atomic E-state index is 6.07. The van der Waals surface area contributed by atoms with E-state index in [1.165, 1.54) is 36.1 Å². The molecule has 2 nitrogen and oxygen atoms in total. The molecule has 1 aliphatic heterocycles. The third-order valence-corrected chi connectivity index (χ3v) is 4.70. The molecule has 0 spiro atoms. The largest absolute Gasteiger partial charge is 0.398 e. The number of fused-ring (bicyclic) bond motifs is 2. The summed E-state index contributed by atoms with van der Waals surface area (Å²) in [6, 6.07) is 13.3. The lowest BCUT2D eigenvalue weighted by atomic mass is 10.1. The van der Waals surface area contributed by atoms with Gasteiger partial charge in [-0.05, 0) is 54.5 Å². The topological polar surface area (TPSA) is 29.3 Å². The molecule has 2 aliphatic rings. The lowest BCUT2D eigenvalue weighted by molar-refractivity contribution is 0.834. The van der Waals surface area contributed by atoms with Crippen LogP contribution in [0.25, 0.3) is 0 Å². The second-order valence-electron chi connectivity index (χ2n) is 5.97. The Hall–Kier alpha value is -1.96. The summed E-state index contributed by atoms with van der Waals surface area (Å²) in [5.41, 5.74) is 14.2. The molecule has 0 amide bonds. The van der Waals surface area contributed by atoms with Crippen LogP contribution >= 0.6 is 0 Å². The number of anilines is 2. The Morgan fingerprint density at radius 1 is 1.00 bits per heavy atom. The van der Waals surface area contributed by atoms with Crippen LogP contribution in [0.5, 0.6) is 0 Å². The van der Waals surface area contributed by atoms with Crippen LogP contribution in [-0.2, 0) is 25.8 Å². The SMILES string of the molecule is Nc1cccc2c1CCN2Cc1ccc2c(c1)CCC2. The first-order valence-corrected chi connectivity index (χ1v) is 7.54. The van der Waals surface area contributed by atoms with Crippen molar-refractivity contribution in [3.8, 4) is 0 Å². The molecule has 20 heavy (non-hydrogen) atoms. The van der Waals surface area contributed by atoms with Gasteiger partial charge in [0, 0.05) is 30.0 Å². The average molecular weight is 264 g/mol. The normalized spacial score (nSPS) is 16.3. The van der Waals surface area contributed by atoms with E-state index in [0.717, 1.165) is 25.2 Å². The van der Waals surface area contributed by atoms with Crippen LogP contribution in [0.4, 0.5) is 11.4 Å². The van der Waals surface area contributed by atoms with Crippen LogP contribution in [0.15, 0.2) is 36.4 Å². The van der Waals surface area contributed by atoms with Crippen molar-refractivity contribution in [2.75, 3.05) is 17.2 Å². The van der Waals surface area contributed by atoms with Gasteiger partial charge in [0.15, 0.2) is 0 Å². The molecule has 2 aromatic carbocycles. The summed E-state index contributed by atoms with van der Waals surface area (Å²) in [6.45, 7) is 2.09.